The van der Waals surface area contributed by atoms with Gasteiger partial charge in [-0.15, -0.1) is 0 Å². The van der Waals surface area contributed by atoms with Crippen LogP contribution in [-0.4, -0.2) is 58.9 Å². The zero-order valence-corrected chi connectivity index (χ0v) is 12.1. The predicted molar refractivity (Wildman–Crippen MR) is 76.6 cm³/mol. The summed E-state index contributed by atoms with van der Waals surface area (Å²) in [6.07, 6.45) is 2.55. The molecule has 6 nitrogen and oxygen atoms in total. The molecule has 0 unspecified atom stereocenters. The van der Waals surface area contributed by atoms with Gasteiger partial charge in [0.2, 0.25) is 0 Å². The van der Waals surface area contributed by atoms with Gasteiger partial charge in [-0.2, -0.15) is 0 Å². The summed E-state index contributed by atoms with van der Waals surface area (Å²) in [6.45, 7) is 6.40. The van der Waals surface area contributed by atoms with Gasteiger partial charge in [0.05, 0.1) is 0 Å². The number of aromatic amines is 1. The summed E-state index contributed by atoms with van der Waals surface area (Å²) in [4.78, 5) is 30.7. The van der Waals surface area contributed by atoms with Crippen molar-refractivity contribution in [2.45, 2.75) is 26.3 Å². The average Bonchev–Trinajstić information content (AvgIpc) is 2.81. The first-order valence-electron chi connectivity index (χ1n) is 7.06. The summed E-state index contributed by atoms with van der Waals surface area (Å²) in [5.41, 5.74) is 0.602. The van der Waals surface area contributed by atoms with Crippen LogP contribution in [0.4, 0.5) is 4.79 Å². The molecule has 0 saturated carbocycles. The number of rotatable bonds is 2. The van der Waals surface area contributed by atoms with Crippen LogP contribution in [0.2, 0.25) is 0 Å². The van der Waals surface area contributed by atoms with Crippen molar-refractivity contribution < 1.29 is 9.59 Å². The molecule has 0 radical (unpaired) electrons. The van der Waals surface area contributed by atoms with Crippen molar-refractivity contribution in [1.82, 2.24) is 20.1 Å². The lowest BCUT2D eigenvalue weighted by atomic mass is 10.3. The van der Waals surface area contributed by atoms with Crippen LogP contribution in [0, 0.1) is 0 Å². The molecule has 1 aromatic rings. The Hall–Kier alpha value is -1.98. The highest BCUT2D eigenvalue weighted by molar-refractivity contribution is 5.92. The molecule has 0 spiro atoms. The van der Waals surface area contributed by atoms with Crippen LogP contribution < -0.4 is 5.32 Å². The van der Waals surface area contributed by atoms with Gasteiger partial charge < -0.3 is 20.1 Å². The SMILES string of the molecule is CC(C)NC(=O)N1CCCN(C(=O)c2ccc[nH]2)CC1. The smallest absolute Gasteiger partial charge is 0.317 e. The fourth-order valence-electron chi connectivity index (χ4n) is 2.30. The Bertz CT molecular complexity index is 456. The number of urea groups is 1. The van der Waals surface area contributed by atoms with E-state index in [1.165, 1.54) is 0 Å². The van der Waals surface area contributed by atoms with Crippen LogP contribution in [0.15, 0.2) is 18.3 Å². The van der Waals surface area contributed by atoms with E-state index in [1.807, 2.05) is 19.9 Å². The van der Waals surface area contributed by atoms with Crippen molar-refractivity contribution in [3.8, 4) is 0 Å². The molecule has 1 saturated heterocycles. The van der Waals surface area contributed by atoms with Crippen LogP contribution in [-0.2, 0) is 0 Å². The molecule has 1 aliphatic heterocycles. The van der Waals surface area contributed by atoms with Gasteiger partial charge in [-0.25, -0.2) is 4.79 Å². The summed E-state index contributed by atoms with van der Waals surface area (Å²) < 4.78 is 0. The lowest BCUT2D eigenvalue weighted by Crippen LogP contribution is -2.44. The first-order chi connectivity index (χ1) is 9.58. The second-order valence-corrected chi connectivity index (χ2v) is 5.32. The Kier molecular flexibility index (Phi) is 4.65. The third-order valence-electron chi connectivity index (χ3n) is 3.31. The van der Waals surface area contributed by atoms with E-state index in [0.29, 0.717) is 31.9 Å². The van der Waals surface area contributed by atoms with E-state index in [1.54, 1.807) is 22.1 Å². The van der Waals surface area contributed by atoms with Crippen LogP contribution >= 0.6 is 0 Å². The summed E-state index contributed by atoms with van der Waals surface area (Å²) in [5, 5.41) is 2.89. The first kappa shape index (κ1) is 14.4. The molecule has 0 bridgehead atoms. The third kappa shape index (κ3) is 3.53. The quantitative estimate of drug-likeness (QED) is 0.855. The maximum atomic E-state index is 12.2. The van der Waals surface area contributed by atoms with Crippen molar-refractivity contribution in [1.29, 1.82) is 0 Å². The molecule has 2 heterocycles. The summed E-state index contributed by atoms with van der Waals surface area (Å²) in [5.74, 6) is 0.00103. The fourth-order valence-corrected chi connectivity index (χ4v) is 2.30. The topological polar surface area (TPSA) is 68.4 Å². The number of nitrogens with zero attached hydrogens (tertiary/aromatic N) is 2. The number of carbonyl (C=O) groups excluding carboxylic acids is 2. The Morgan fingerprint density at radius 2 is 1.90 bits per heavy atom. The summed E-state index contributed by atoms with van der Waals surface area (Å²) >= 11 is 0. The Morgan fingerprint density at radius 3 is 2.55 bits per heavy atom. The minimum absolute atomic E-state index is 0.00103. The molecule has 110 valence electrons. The Labute approximate surface area is 119 Å². The van der Waals surface area contributed by atoms with Gasteiger partial charge in [0, 0.05) is 38.4 Å². The number of H-pyrrole nitrogens is 1. The molecule has 6 heteroatoms. The van der Waals surface area contributed by atoms with Gasteiger partial charge in [-0.05, 0) is 32.4 Å². The number of hydrogen-bond acceptors (Lipinski definition) is 2. The van der Waals surface area contributed by atoms with Crippen molar-refractivity contribution in [2.24, 2.45) is 0 Å². The van der Waals surface area contributed by atoms with E-state index < -0.39 is 0 Å². The first-order valence-corrected chi connectivity index (χ1v) is 7.06. The minimum atomic E-state index is -0.0471. The van der Waals surface area contributed by atoms with Crippen molar-refractivity contribution in [3.05, 3.63) is 24.0 Å². The highest BCUT2D eigenvalue weighted by Crippen LogP contribution is 2.08. The van der Waals surface area contributed by atoms with E-state index in [9.17, 15) is 9.59 Å². The van der Waals surface area contributed by atoms with Crippen LogP contribution in [0.5, 0.6) is 0 Å². The minimum Gasteiger partial charge on any atom is -0.357 e. The molecule has 2 N–H and O–H groups in total. The third-order valence-corrected chi connectivity index (χ3v) is 3.31. The Morgan fingerprint density at radius 1 is 1.20 bits per heavy atom. The number of hydrogen-bond donors (Lipinski definition) is 2. The molecule has 20 heavy (non-hydrogen) atoms. The van der Waals surface area contributed by atoms with E-state index in [-0.39, 0.29) is 18.0 Å². The Balaban J connectivity index is 1.92. The van der Waals surface area contributed by atoms with Crippen LogP contribution in [0.1, 0.15) is 30.8 Å². The van der Waals surface area contributed by atoms with Crippen molar-refractivity contribution in [2.75, 3.05) is 26.2 Å². The van der Waals surface area contributed by atoms with Crippen molar-refractivity contribution in [3.63, 3.8) is 0 Å². The summed E-state index contributed by atoms with van der Waals surface area (Å²) in [7, 11) is 0. The lowest BCUT2D eigenvalue weighted by molar-refractivity contribution is 0.0757. The van der Waals surface area contributed by atoms with Crippen LogP contribution in [0.3, 0.4) is 0 Å². The molecule has 0 aliphatic carbocycles. The van der Waals surface area contributed by atoms with Gasteiger partial charge in [0.15, 0.2) is 0 Å². The number of aromatic nitrogens is 1. The number of nitrogens with one attached hydrogen (secondary N) is 2. The average molecular weight is 278 g/mol. The molecule has 1 aromatic heterocycles. The standard InChI is InChI=1S/C14H22N4O2/c1-11(2)16-14(20)18-8-4-7-17(9-10-18)13(19)12-5-3-6-15-12/h3,5-6,11,15H,4,7-10H2,1-2H3,(H,16,20). The molecular formula is C14H22N4O2. The largest absolute Gasteiger partial charge is 0.357 e. The van der Waals surface area contributed by atoms with E-state index in [2.05, 4.69) is 10.3 Å². The monoisotopic (exact) mass is 278 g/mol. The molecule has 3 amide bonds. The second kappa shape index (κ2) is 6.45. The molecule has 1 fully saturated rings. The molecular weight excluding hydrogens is 256 g/mol. The van der Waals surface area contributed by atoms with Gasteiger partial charge in [-0.1, -0.05) is 0 Å². The highest BCUT2D eigenvalue weighted by Gasteiger charge is 2.23. The molecule has 0 aromatic carbocycles. The van der Waals surface area contributed by atoms with Gasteiger partial charge in [0.1, 0.15) is 5.69 Å². The lowest BCUT2D eigenvalue weighted by Gasteiger charge is -2.23. The van der Waals surface area contributed by atoms with Crippen molar-refractivity contribution >= 4 is 11.9 Å². The number of carbonyl (C=O) groups is 2. The number of amides is 3. The summed E-state index contributed by atoms with van der Waals surface area (Å²) in [6, 6.07) is 3.67. The van der Waals surface area contributed by atoms with Gasteiger partial charge >= 0.3 is 6.03 Å². The highest BCUT2D eigenvalue weighted by atomic mass is 16.2. The molecule has 1 aliphatic rings. The maximum Gasteiger partial charge on any atom is 0.317 e. The predicted octanol–water partition coefficient (Wildman–Crippen LogP) is 1.28. The second-order valence-electron chi connectivity index (χ2n) is 5.32. The molecule has 2 rings (SSSR count). The zero-order valence-electron chi connectivity index (χ0n) is 12.1. The van der Waals surface area contributed by atoms with E-state index in [0.717, 1.165) is 6.42 Å². The van der Waals surface area contributed by atoms with Gasteiger partial charge in [0.25, 0.3) is 5.91 Å². The van der Waals surface area contributed by atoms with E-state index in [4.69, 9.17) is 0 Å². The fraction of sp³-hybridized carbons (Fsp3) is 0.571. The normalized spacial score (nSPS) is 16.1. The van der Waals surface area contributed by atoms with E-state index >= 15 is 0 Å². The van der Waals surface area contributed by atoms with Gasteiger partial charge in [-0.3, -0.25) is 4.79 Å². The maximum absolute atomic E-state index is 12.2. The van der Waals surface area contributed by atoms with Crippen LogP contribution in [0.25, 0.3) is 0 Å². The zero-order chi connectivity index (χ0) is 14.5. The molecule has 0 atom stereocenters.